The van der Waals surface area contributed by atoms with Crippen molar-refractivity contribution >= 4 is 5.91 Å². The zero-order chi connectivity index (χ0) is 15.7. The first-order chi connectivity index (χ1) is 10.0. The van der Waals surface area contributed by atoms with E-state index in [-0.39, 0.29) is 5.91 Å². The lowest BCUT2D eigenvalue weighted by Gasteiger charge is -2.14. The number of nitrogens with zero attached hydrogens (tertiary/aromatic N) is 1. The maximum Gasteiger partial charge on any atom is 0.222 e. The number of carbonyl (C=O) groups excluding carboxylic acids is 1. The molecule has 0 saturated carbocycles. The van der Waals surface area contributed by atoms with Crippen molar-refractivity contribution in [2.45, 2.75) is 39.7 Å². The zero-order valence-electron chi connectivity index (χ0n) is 13.7. The molecule has 0 saturated heterocycles. The van der Waals surface area contributed by atoms with Crippen molar-refractivity contribution in [3.8, 4) is 5.75 Å². The second kappa shape index (κ2) is 9.40. The molecule has 4 nitrogen and oxygen atoms in total. The minimum absolute atomic E-state index is 0.146. The van der Waals surface area contributed by atoms with Crippen molar-refractivity contribution in [1.82, 2.24) is 10.2 Å². The maximum atomic E-state index is 11.5. The highest BCUT2D eigenvalue weighted by molar-refractivity contribution is 5.75. The standard InChI is InChI=1S/C17H28N2O2/c1-5-10-18-13-15-12-14(2)8-9-16(15)21-11-6-7-17(20)19(3)4/h8-9,12,18H,5-7,10-11,13H2,1-4H3. The van der Waals surface area contributed by atoms with Crippen molar-refractivity contribution in [2.24, 2.45) is 0 Å². The number of benzene rings is 1. The number of ether oxygens (including phenoxy) is 1. The van der Waals surface area contributed by atoms with Gasteiger partial charge >= 0.3 is 0 Å². The summed E-state index contributed by atoms with van der Waals surface area (Å²) < 4.78 is 5.84. The van der Waals surface area contributed by atoms with Gasteiger partial charge in [-0.2, -0.15) is 0 Å². The minimum Gasteiger partial charge on any atom is -0.493 e. The van der Waals surface area contributed by atoms with Gasteiger partial charge in [0.15, 0.2) is 0 Å². The fraction of sp³-hybridized carbons (Fsp3) is 0.588. The summed E-state index contributed by atoms with van der Waals surface area (Å²) in [4.78, 5) is 13.1. The van der Waals surface area contributed by atoms with Gasteiger partial charge in [-0.05, 0) is 32.4 Å². The SMILES string of the molecule is CCCNCc1cc(C)ccc1OCCCC(=O)N(C)C. The number of nitrogens with one attached hydrogen (secondary N) is 1. The Morgan fingerprint density at radius 1 is 1.33 bits per heavy atom. The third kappa shape index (κ3) is 6.63. The third-order valence-electron chi connectivity index (χ3n) is 3.25. The summed E-state index contributed by atoms with van der Waals surface area (Å²) in [5, 5.41) is 3.40. The van der Waals surface area contributed by atoms with E-state index < -0.39 is 0 Å². The Morgan fingerprint density at radius 3 is 2.76 bits per heavy atom. The largest absolute Gasteiger partial charge is 0.493 e. The van der Waals surface area contributed by atoms with Crippen molar-refractivity contribution in [2.75, 3.05) is 27.2 Å². The predicted octanol–water partition coefficient (Wildman–Crippen LogP) is 2.74. The molecule has 1 aromatic rings. The molecular formula is C17H28N2O2. The average molecular weight is 292 g/mol. The van der Waals surface area contributed by atoms with Crippen molar-refractivity contribution in [1.29, 1.82) is 0 Å². The monoisotopic (exact) mass is 292 g/mol. The molecule has 1 N–H and O–H groups in total. The highest BCUT2D eigenvalue weighted by atomic mass is 16.5. The van der Waals surface area contributed by atoms with E-state index in [1.54, 1.807) is 19.0 Å². The van der Waals surface area contributed by atoms with E-state index in [4.69, 9.17) is 4.74 Å². The fourth-order valence-electron chi connectivity index (χ4n) is 2.02. The molecule has 0 spiro atoms. The molecule has 1 amide bonds. The molecule has 0 aliphatic carbocycles. The lowest BCUT2D eigenvalue weighted by molar-refractivity contribution is -0.128. The van der Waals surface area contributed by atoms with Crippen LogP contribution in [0.1, 0.15) is 37.3 Å². The summed E-state index contributed by atoms with van der Waals surface area (Å²) in [5.74, 6) is 1.06. The molecule has 118 valence electrons. The van der Waals surface area contributed by atoms with E-state index in [1.807, 2.05) is 6.07 Å². The second-order valence-electron chi connectivity index (χ2n) is 5.53. The van der Waals surface area contributed by atoms with Crippen LogP contribution in [-0.2, 0) is 11.3 Å². The third-order valence-corrected chi connectivity index (χ3v) is 3.25. The van der Waals surface area contributed by atoms with E-state index in [0.29, 0.717) is 13.0 Å². The van der Waals surface area contributed by atoms with Gasteiger partial charge in [0.1, 0.15) is 5.75 Å². The van der Waals surface area contributed by atoms with Crippen LogP contribution in [0, 0.1) is 6.92 Å². The molecule has 21 heavy (non-hydrogen) atoms. The first kappa shape index (κ1) is 17.5. The number of hydrogen-bond acceptors (Lipinski definition) is 3. The normalized spacial score (nSPS) is 10.5. The zero-order valence-corrected chi connectivity index (χ0v) is 13.7. The van der Waals surface area contributed by atoms with Gasteiger partial charge in [0.2, 0.25) is 5.91 Å². The lowest BCUT2D eigenvalue weighted by atomic mass is 10.1. The van der Waals surface area contributed by atoms with Crippen LogP contribution in [0.4, 0.5) is 0 Å². The molecule has 0 heterocycles. The molecule has 4 heteroatoms. The number of amides is 1. The lowest BCUT2D eigenvalue weighted by Crippen LogP contribution is -2.21. The van der Waals surface area contributed by atoms with E-state index in [1.165, 1.54) is 11.1 Å². The Labute approximate surface area is 128 Å². The summed E-state index contributed by atoms with van der Waals surface area (Å²) in [6.07, 6.45) is 2.39. The van der Waals surface area contributed by atoms with Crippen LogP contribution in [0.3, 0.4) is 0 Å². The van der Waals surface area contributed by atoms with E-state index >= 15 is 0 Å². The minimum atomic E-state index is 0.146. The summed E-state index contributed by atoms with van der Waals surface area (Å²) >= 11 is 0. The Bertz CT molecular complexity index is 444. The van der Waals surface area contributed by atoms with Crippen LogP contribution in [0.15, 0.2) is 18.2 Å². The molecule has 1 rings (SSSR count). The average Bonchev–Trinajstić information content (AvgIpc) is 2.45. The van der Waals surface area contributed by atoms with Crippen LogP contribution in [0.2, 0.25) is 0 Å². The highest BCUT2D eigenvalue weighted by Crippen LogP contribution is 2.20. The molecule has 0 bridgehead atoms. The van der Waals surface area contributed by atoms with Crippen molar-refractivity contribution < 1.29 is 9.53 Å². The Morgan fingerprint density at radius 2 is 2.10 bits per heavy atom. The quantitative estimate of drug-likeness (QED) is 0.712. The van der Waals surface area contributed by atoms with Gasteiger partial charge in [0.05, 0.1) is 6.61 Å². The molecule has 0 aliphatic rings. The number of hydrogen-bond donors (Lipinski definition) is 1. The molecular weight excluding hydrogens is 264 g/mol. The molecule has 0 unspecified atom stereocenters. The van der Waals surface area contributed by atoms with Gasteiger partial charge in [-0.15, -0.1) is 0 Å². The van der Waals surface area contributed by atoms with Gasteiger partial charge in [-0.3, -0.25) is 4.79 Å². The summed E-state index contributed by atoms with van der Waals surface area (Å²) in [5.41, 5.74) is 2.42. The van der Waals surface area contributed by atoms with Crippen LogP contribution >= 0.6 is 0 Å². The van der Waals surface area contributed by atoms with Gasteiger partial charge in [-0.1, -0.05) is 24.6 Å². The van der Waals surface area contributed by atoms with Gasteiger partial charge in [0.25, 0.3) is 0 Å². The Balaban J connectivity index is 2.47. The van der Waals surface area contributed by atoms with Crippen molar-refractivity contribution in [3.63, 3.8) is 0 Å². The molecule has 0 fully saturated rings. The smallest absolute Gasteiger partial charge is 0.222 e. The molecule has 0 aromatic heterocycles. The van der Waals surface area contributed by atoms with Gasteiger partial charge in [-0.25, -0.2) is 0 Å². The van der Waals surface area contributed by atoms with Gasteiger partial charge in [0, 0.05) is 32.6 Å². The summed E-state index contributed by atoms with van der Waals surface area (Å²) in [7, 11) is 3.56. The number of aryl methyl sites for hydroxylation is 1. The molecule has 1 aromatic carbocycles. The van der Waals surface area contributed by atoms with E-state index in [2.05, 4.69) is 31.3 Å². The Kier molecular flexibility index (Phi) is 7.83. The fourth-order valence-corrected chi connectivity index (χ4v) is 2.02. The number of carbonyl (C=O) groups is 1. The summed E-state index contributed by atoms with van der Waals surface area (Å²) in [6.45, 7) is 6.64. The van der Waals surface area contributed by atoms with Crippen LogP contribution in [0.25, 0.3) is 0 Å². The Hall–Kier alpha value is -1.55. The highest BCUT2D eigenvalue weighted by Gasteiger charge is 2.06. The van der Waals surface area contributed by atoms with Gasteiger partial charge < -0.3 is 15.0 Å². The second-order valence-corrected chi connectivity index (χ2v) is 5.53. The number of rotatable bonds is 9. The van der Waals surface area contributed by atoms with Crippen LogP contribution in [0.5, 0.6) is 5.75 Å². The summed E-state index contributed by atoms with van der Waals surface area (Å²) in [6, 6.07) is 6.23. The van der Waals surface area contributed by atoms with Crippen molar-refractivity contribution in [3.05, 3.63) is 29.3 Å². The molecule has 0 atom stereocenters. The van der Waals surface area contributed by atoms with E-state index in [9.17, 15) is 4.79 Å². The first-order valence-electron chi connectivity index (χ1n) is 7.67. The molecule has 0 radical (unpaired) electrons. The predicted molar refractivity (Wildman–Crippen MR) is 86.6 cm³/mol. The molecule has 0 aliphatic heterocycles. The van der Waals surface area contributed by atoms with Crippen LogP contribution in [-0.4, -0.2) is 38.1 Å². The van der Waals surface area contributed by atoms with E-state index in [0.717, 1.165) is 31.7 Å². The van der Waals surface area contributed by atoms with Crippen LogP contribution < -0.4 is 10.1 Å². The first-order valence-corrected chi connectivity index (χ1v) is 7.67. The topological polar surface area (TPSA) is 41.6 Å². The maximum absolute atomic E-state index is 11.5.